The lowest BCUT2D eigenvalue weighted by Crippen LogP contribution is -2.34. The Bertz CT molecular complexity index is 1370. The third-order valence-electron chi connectivity index (χ3n) is 8.83. The molecule has 0 fully saturated rings. The Hall–Kier alpha value is -3.42. The van der Waals surface area contributed by atoms with E-state index in [0.717, 1.165) is 64.2 Å². The first-order valence-corrected chi connectivity index (χ1v) is 23.3. The average molecular weight is 866 g/mol. The van der Waals surface area contributed by atoms with Crippen molar-refractivity contribution in [1.82, 2.24) is 0 Å². The summed E-state index contributed by atoms with van der Waals surface area (Å²) in [4.78, 5) is 46.0. The lowest BCUT2D eigenvalue weighted by Gasteiger charge is -2.20. The first kappa shape index (κ1) is 56.6. The van der Waals surface area contributed by atoms with Crippen molar-refractivity contribution < 1.29 is 57.7 Å². The standard InChI is InChI=1S/C46H76NO12P/c1-3-5-7-9-11-13-15-17-18-19-20-21-23-25-27-29-31-35-45(51)59-40(38-57-60(54,55)58-39-41(47)46(52)53)37-56-44(50)36-32-34-43(49)42(48)33-30-28-26-24-22-16-14-12-10-8-6-4-2/h6,8,11-14,17-18,20-22,24,28,30,40-43,48-49H,3-5,7,9-10,15-16,19,23,25-27,29,31-39,47H2,1-2H3,(H,52,53)(H,54,55)/b8-6-,13-11-,14-12-,18-17-,21-20-,24-22-,30-28-/t40-,41+,42+,43+/m1/s1. The van der Waals surface area contributed by atoms with Crippen LogP contribution in [0.5, 0.6) is 0 Å². The number of ether oxygens (including phenoxy) is 2. The zero-order chi connectivity index (χ0) is 44.5. The van der Waals surface area contributed by atoms with E-state index in [9.17, 15) is 34.1 Å². The predicted octanol–water partition coefficient (Wildman–Crippen LogP) is 9.44. The Labute approximate surface area is 359 Å². The van der Waals surface area contributed by atoms with Gasteiger partial charge in [-0.25, -0.2) is 4.57 Å². The summed E-state index contributed by atoms with van der Waals surface area (Å²) in [6.07, 6.45) is 41.1. The lowest BCUT2D eigenvalue weighted by molar-refractivity contribution is -0.161. The first-order valence-electron chi connectivity index (χ1n) is 21.8. The van der Waals surface area contributed by atoms with Crippen molar-refractivity contribution in [1.29, 1.82) is 0 Å². The van der Waals surface area contributed by atoms with Gasteiger partial charge in [-0.15, -0.1) is 0 Å². The van der Waals surface area contributed by atoms with Crippen molar-refractivity contribution in [3.05, 3.63) is 85.1 Å². The number of phosphoric ester groups is 1. The molecule has 0 saturated carbocycles. The molecule has 0 heterocycles. The van der Waals surface area contributed by atoms with Gasteiger partial charge in [-0.05, 0) is 89.9 Å². The predicted molar refractivity (Wildman–Crippen MR) is 238 cm³/mol. The first-order chi connectivity index (χ1) is 28.9. The van der Waals surface area contributed by atoms with Crippen LogP contribution in [0, 0.1) is 0 Å². The molecule has 0 aliphatic carbocycles. The van der Waals surface area contributed by atoms with Crippen LogP contribution in [-0.4, -0.2) is 82.3 Å². The molecule has 0 aliphatic heterocycles. The molecule has 0 rings (SSSR count). The monoisotopic (exact) mass is 866 g/mol. The molecule has 5 atom stereocenters. The second kappa shape index (κ2) is 39.7. The Balaban J connectivity index is 4.66. The molecule has 6 N–H and O–H groups in total. The fraction of sp³-hybridized carbons (Fsp3) is 0.630. The van der Waals surface area contributed by atoms with Crippen LogP contribution in [0.3, 0.4) is 0 Å². The highest BCUT2D eigenvalue weighted by molar-refractivity contribution is 7.47. The topological polar surface area (TPSA) is 212 Å². The van der Waals surface area contributed by atoms with E-state index in [2.05, 4.69) is 85.2 Å². The van der Waals surface area contributed by atoms with Crippen LogP contribution in [0.25, 0.3) is 0 Å². The van der Waals surface area contributed by atoms with Gasteiger partial charge >= 0.3 is 25.7 Å². The highest BCUT2D eigenvalue weighted by Crippen LogP contribution is 2.43. The van der Waals surface area contributed by atoms with Crippen molar-refractivity contribution in [2.24, 2.45) is 5.73 Å². The SMILES string of the molecule is CC/C=C\C/C=C\C/C=C\C/C=C\C[C@H](O)[C@@H](O)CCCC(=O)OC[C@H](COP(=O)(O)OC[C@H](N)C(=O)O)OC(=O)CCCCCC/C=C\C/C=C\C/C=C\CCCCC. The fourth-order valence-corrected chi connectivity index (χ4v) is 6.05. The van der Waals surface area contributed by atoms with Crippen LogP contribution in [0.15, 0.2) is 85.1 Å². The van der Waals surface area contributed by atoms with Gasteiger partial charge in [0.15, 0.2) is 6.10 Å². The second-order valence-electron chi connectivity index (χ2n) is 14.4. The summed E-state index contributed by atoms with van der Waals surface area (Å²) in [7, 11) is -4.80. The van der Waals surface area contributed by atoms with Crippen molar-refractivity contribution in [2.45, 2.75) is 167 Å². The number of allylic oxidation sites excluding steroid dienone is 13. The number of unbranched alkanes of at least 4 members (excludes halogenated alkanes) is 7. The molecular weight excluding hydrogens is 789 g/mol. The molecule has 0 aromatic carbocycles. The van der Waals surface area contributed by atoms with Gasteiger partial charge in [0.05, 0.1) is 25.4 Å². The zero-order valence-corrected chi connectivity index (χ0v) is 37.1. The number of aliphatic carboxylic acids is 1. The van der Waals surface area contributed by atoms with Crippen molar-refractivity contribution in [2.75, 3.05) is 19.8 Å². The van der Waals surface area contributed by atoms with Gasteiger partial charge in [0.25, 0.3) is 0 Å². The molecular formula is C46H76NO12P. The fourth-order valence-electron chi connectivity index (χ4n) is 5.27. The molecule has 1 unspecified atom stereocenters. The minimum Gasteiger partial charge on any atom is -0.480 e. The lowest BCUT2D eigenvalue weighted by atomic mass is 10.0. The van der Waals surface area contributed by atoms with Crippen LogP contribution < -0.4 is 5.73 Å². The summed E-state index contributed by atoms with van der Waals surface area (Å²) in [5, 5.41) is 29.5. The van der Waals surface area contributed by atoms with Crippen LogP contribution in [0.4, 0.5) is 0 Å². The van der Waals surface area contributed by atoms with Gasteiger partial charge < -0.3 is 35.4 Å². The third kappa shape index (κ3) is 37.6. The molecule has 0 bridgehead atoms. The molecule has 342 valence electrons. The smallest absolute Gasteiger partial charge is 0.472 e. The van der Waals surface area contributed by atoms with Gasteiger partial charge in [-0.3, -0.25) is 23.4 Å². The number of carboxylic acids is 1. The molecule has 0 aromatic rings. The highest BCUT2D eigenvalue weighted by Gasteiger charge is 2.28. The van der Waals surface area contributed by atoms with E-state index < -0.39 is 69.9 Å². The minimum absolute atomic E-state index is 0.0695. The van der Waals surface area contributed by atoms with Gasteiger partial charge in [0.1, 0.15) is 12.6 Å². The number of aliphatic hydroxyl groups excluding tert-OH is 2. The molecule has 0 spiro atoms. The summed E-state index contributed by atoms with van der Waals surface area (Å²) in [6, 6.07) is -1.57. The molecule has 0 amide bonds. The molecule has 60 heavy (non-hydrogen) atoms. The van der Waals surface area contributed by atoms with Gasteiger partial charge in [-0.1, -0.05) is 125 Å². The Morgan fingerprint density at radius 1 is 0.600 bits per heavy atom. The molecule has 0 aromatic heterocycles. The maximum Gasteiger partial charge on any atom is 0.472 e. The highest BCUT2D eigenvalue weighted by atomic mass is 31.2. The van der Waals surface area contributed by atoms with E-state index in [1.165, 1.54) is 19.3 Å². The van der Waals surface area contributed by atoms with Gasteiger partial charge in [0.2, 0.25) is 0 Å². The molecule has 14 heteroatoms. The number of esters is 2. The summed E-state index contributed by atoms with van der Waals surface area (Å²) in [5.41, 5.74) is 5.32. The molecule has 13 nitrogen and oxygen atoms in total. The normalized spacial score (nSPS) is 15.6. The zero-order valence-electron chi connectivity index (χ0n) is 36.2. The summed E-state index contributed by atoms with van der Waals surface area (Å²) in [6.45, 7) is 2.32. The van der Waals surface area contributed by atoms with Crippen molar-refractivity contribution >= 4 is 25.7 Å². The number of carbonyl (C=O) groups is 3. The van der Waals surface area contributed by atoms with Crippen LogP contribution >= 0.6 is 7.82 Å². The van der Waals surface area contributed by atoms with E-state index in [4.69, 9.17) is 24.8 Å². The number of carboxylic acid groups (broad SMARTS) is 1. The Morgan fingerprint density at radius 3 is 1.67 bits per heavy atom. The Kier molecular flexibility index (Phi) is 37.4. The number of nitrogens with two attached hydrogens (primary N) is 1. The number of rotatable bonds is 39. The summed E-state index contributed by atoms with van der Waals surface area (Å²) in [5.74, 6) is -2.74. The molecule has 0 saturated heterocycles. The number of aliphatic hydroxyl groups is 2. The number of hydrogen-bond acceptors (Lipinski definition) is 11. The van der Waals surface area contributed by atoms with E-state index in [1.807, 2.05) is 12.2 Å². The number of carbonyl (C=O) groups excluding carboxylic acids is 2. The van der Waals surface area contributed by atoms with Gasteiger partial charge in [-0.2, -0.15) is 0 Å². The summed E-state index contributed by atoms with van der Waals surface area (Å²) >= 11 is 0. The minimum atomic E-state index is -4.80. The summed E-state index contributed by atoms with van der Waals surface area (Å²) < 4.78 is 32.5. The van der Waals surface area contributed by atoms with Gasteiger partial charge in [0, 0.05) is 12.8 Å². The quantitative estimate of drug-likeness (QED) is 0.0169. The van der Waals surface area contributed by atoms with Crippen LogP contribution in [0.2, 0.25) is 0 Å². The number of phosphoric acid groups is 1. The van der Waals surface area contributed by atoms with Crippen LogP contribution in [0.1, 0.15) is 142 Å². The van der Waals surface area contributed by atoms with E-state index >= 15 is 0 Å². The largest absolute Gasteiger partial charge is 0.480 e. The van der Waals surface area contributed by atoms with E-state index in [0.29, 0.717) is 12.8 Å². The average Bonchev–Trinajstić information content (AvgIpc) is 3.22. The van der Waals surface area contributed by atoms with Crippen molar-refractivity contribution in [3.8, 4) is 0 Å². The Morgan fingerprint density at radius 2 is 1.10 bits per heavy atom. The van der Waals surface area contributed by atoms with Crippen molar-refractivity contribution in [3.63, 3.8) is 0 Å². The number of hydrogen-bond donors (Lipinski definition) is 5. The third-order valence-corrected chi connectivity index (χ3v) is 9.78. The molecule has 0 radical (unpaired) electrons. The van der Waals surface area contributed by atoms with Crippen LogP contribution in [-0.2, 0) is 37.5 Å². The van der Waals surface area contributed by atoms with E-state index in [1.54, 1.807) is 6.08 Å². The second-order valence-corrected chi connectivity index (χ2v) is 15.9. The maximum absolute atomic E-state index is 12.6. The molecule has 0 aliphatic rings. The maximum atomic E-state index is 12.6. The van der Waals surface area contributed by atoms with E-state index in [-0.39, 0.29) is 32.1 Å².